The van der Waals surface area contributed by atoms with Gasteiger partial charge in [0.25, 0.3) is 0 Å². The second-order valence-corrected chi connectivity index (χ2v) is 7.65. The second kappa shape index (κ2) is 4.10. The number of esters is 1. The number of hydrogen-bond acceptors (Lipinski definition) is 2. The fourth-order valence-electron chi connectivity index (χ4n) is 5.71. The van der Waals surface area contributed by atoms with Gasteiger partial charge in [-0.1, -0.05) is 20.8 Å². The number of allylic oxidation sites excluding steroid dienone is 1. The number of rotatable bonds is 1. The Hall–Kier alpha value is -0.790. The summed E-state index contributed by atoms with van der Waals surface area (Å²) >= 11 is 0. The van der Waals surface area contributed by atoms with Crippen LogP contribution in [0.5, 0.6) is 0 Å². The van der Waals surface area contributed by atoms with Crippen LogP contribution in [0.3, 0.4) is 0 Å². The van der Waals surface area contributed by atoms with Gasteiger partial charge in [-0.2, -0.15) is 0 Å². The standard InChI is InChI=1S/C17H26O2/c1-11-7-8-17-9-14(11)16(3,4)15(17)6-5-13(17)10-19-12(2)18/h10-11,14-15H,5-9H2,1-4H3/t11-,14-,15+,17-/m1/s1. The van der Waals surface area contributed by atoms with E-state index in [0.717, 1.165) is 24.2 Å². The third-order valence-electron chi connectivity index (χ3n) is 6.55. The van der Waals surface area contributed by atoms with Crippen molar-refractivity contribution in [3.05, 3.63) is 11.8 Å². The van der Waals surface area contributed by atoms with Crippen LogP contribution < -0.4 is 0 Å². The van der Waals surface area contributed by atoms with Gasteiger partial charge in [-0.05, 0) is 66.3 Å². The number of carbonyl (C=O) groups excluding carboxylic acids is 1. The highest BCUT2D eigenvalue weighted by atomic mass is 16.5. The van der Waals surface area contributed by atoms with Gasteiger partial charge in [0.1, 0.15) is 0 Å². The summed E-state index contributed by atoms with van der Waals surface area (Å²) in [4.78, 5) is 11.1. The van der Waals surface area contributed by atoms with Crippen LogP contribution in [-0.4, -0.2) is 5.97 Å². The van der Waals surface area contributed by atoms with Crippen LogP contribution in [0, 0.1) is 28.6 Å². The minimum atomic E-state index is -0.190. The zero-order valence-corrected chi connectivity index (χ0v) is 12.7. The highest BCUT2D eigenvalue weighted by Gasteiger charge is 2.64. The first-order valence-corrected chi connectivity index (χ1v) is 7.74. The summed E-state index contributed by atoms with van der Waals surface area (Å²) in [5.74, 6) is 2.29. The molecule has 4 atom stereocenters. The molecule has 3 saturated carbocycles. The maximum absolute atomic E-state index is 11.1. The lowest BCUT2D eigenvalue weighted by Crippen LogP contribution is -2.28. The molecule has 0 N–H and O–H groups in total. The SMILES string of the molecule is CC(=O)OC=C1CC[C@H]2C(C)(C)[C@@H]3C[C@]12CC[C@H]3C. The Labute approximate surface area is 116 Å². The molecule has 3 aliphatic carbocycles. The molecule has 0 amide bonds. The normalized spacial score (nSPS) is 45.3. The molecule has 0 aliphatic heterocycles. The Bertz CT molecular complexity index is 435. The van der Waals surface area contributed by atoms with Crippen molar-refractivity contribution in [3.63, 3.8) is 0 Å². The van der Waals surface area contributed by atoms with E-state index in [1.54, 1.807) is 6.26 Å². The fourth-order valence-corrected chi connectivity index (χ4v) is 5.71. The molecule has 0 aromatic rings. The Morgan fingerprint density at radius 1 is 1.37 bits per heavy atom. The smallest absolute Gasteiger partial charge is 0.307 e. The van der Waals surface area contributed by atoms with Crippen molar-refractivity contribution in [2.75, 3.05) is 0 Å². The molecule has 2 bridgehead atoms. The van der Waals surface area contributed by atoms with E-state index >= 15 is 0 Å². The van der Waals surface area contributed by atoms with E-state index in [1.807, 2.05) is 0 Å². The van der Waals surface area contributed by atoms with Crippen LogP contribution in [0.4, 0.5) is 0 Å². The largest absolute Gasteiger partial charge is 0.435 e. The van der Waals surface area contributed by atoms with Gasteiger partial charge < -0.3 is 4.74 Å². The van der Waals surface area contributed by atoms with Crippen molar-refractivity contribution in [1.29, 1.82) is 0 Å². The number of ether oxygens (including phenoxy) is 1. The summed E-state index contributed by atoms with van der Waals surface area (Å²) in [5, 5.41) is 0. The van der Waals surface area contributed by atoms with Crippen molar-refractivity contribution < 1.29 is 9.53 Å². The van der Waals surface area contributed by atoms with Gasteiger partial charge in [0.05, 0.1) is 6.26 Å². The molecule has 0 heterocycles. The van der Waals surface area contributed by atoms with Crippen LogP contribution in [-0.2, 0) is 9.53 Å². The van der Waals surface area contributed by atoms with Crippen molar-refractivity contribution in [2.45, 2.75) is 59.8 Å². The van der Waals surface area contributed by atoms with Crippen molar-refractivity contribution in [2.24, 2.45) is 28.6 Å². The Morgan fingerprint density at radius 2 is 2.11 bits per heavy atom. The van der Waals surface area contributed by atoms with E-state index in [9.17, 15) is 4.79 Å². The maximum atomic E-state index is 11.1. The average Bonchev–Trinajstić information content (AvgIpc) is 2.76. The molecule has 2 heteroatoms. The van der Waals surface area contributed by atoms with Gasteiger partial charge in [-0.3, -0.25) is 4.79 Å². The first-order chi connectivity index (χ1) is 8.88. The molecule has 0 radical (unpaired) electrons. The molecule has 0 saturated heterocycles. The summed E-state index contributed by atoms with van der Waals surface area (Å²) < 4.78 is 5.21. The molecule has 1 spiro atoms. The highest BCUT2D eigenvalue weighted by Crippen LogP contribution is 2.72. The number of fused-ring (bicyclic) bond motifs is 1. The lowest BCUT2D eigenvalue weighted by Gasteiger charge is -2.37. The molecule has 106 valence electrons. The quantitative estimate of drug-likeness (QED) is 0.520. The van der Waals surface area contributed by atoms with Crippen LogP contribution in [0.2, 0.25) is 0 Å². The van der Waals surface area contributed by atoms with E-state index < -0.39 is 0 Å². The zero-order valence-electron chi connectivity index (χ0n) is 12.7. The monoisotopic (exact) mass is 262 g/mol. The predicted molar refractivity (Wildman–Crippen MR) is 75.3 cm³/mol. The zero-order chi connectivity index (χ0) is 13.8. The molecule has 0 unspecified atom stereocenters. The average molecular weight is 262 g/mol. The second-order valence-electron chi connectivity index (χ2n) is 7.65. The van der Waals surface area contributed by atoms with Crippen LogP contribution in [0.15, 0.2) is 11.8 Å². The van der Waals surface area contributed by atoms with Crippen LogP contribution >= 0.6 is 0 Å². The minimum Gasteiger partial charge on any atom is -0.435 e. The molecular formula is C17H26O2. The molecule has 2 nitrogen and oxygen atoms in total. The van der Waals surface area contributed by atoms with Crippen LogP contribution in [0.25, 0.3) is 0 Å². The van der Waals surface area contributed by atoms with Gasteiger partial charge in [0.15, 0.2) is 0 Å². The predicted octanol–water partition coefficient (Wildman–Crippen LogP) is 4.31. The van der Waals surface area contributed by atoms with E-state index in [0.29, 0.717) is 10.8 Å². The van der Waals surface area contributed by atoms with E-state index in [2.05, 4.69) is 20.8 Å². The maximum Gasteiger partial charge on any atom is 0.307 e. The lowest BCUT2D eigenvalue weighted by molar-refractivity contribution is -0.135. The first-order valence-electron chi connectivity index (χ1n) is 7.74. The van der Waals surface area contributed by atoms with Crippen molar-refractivity contribution in [1.82, 2.24) is 0 Å². The topological polar surface area (TPSA) is 26.3 Å². The van der Waals surface area contributed by atoms with Crippen molar-refractivity contribution >= 4 is 5.97 Å². The van der Waals surface area contributed by atoms with Gasteiger partial charge in [0.2, 0.25) is 0 Å². The number of hydrogen-bond donors (Lipinski definition) is 0. The summed E-state index contributed by atoms with van der Waals surface area (Å²) in [6, 6.07) is 0. The minimum absolute atomic E-state index is 0.190. The molecule has 0 aromatic carbocycles. The van der Waals surface area contributed by atoms with E-state index in [4.69, 9.17) is 4.74 Å². The molecule has 3 aliphatic rings. The summed E-state index contributed by atoms with van der Waals surface area (Å²) in [6.45, 7) is 8.86. The molecule has 3 fully saturated rings. The van der Waals surface area contributed by atoms with Gasteiger partial charge >= 0.3 is 5.97 Å². The first kappa shape index (κ1) is 13.2. The number of carbonyl (C=O) groups is 1. The van der Waals surface area contributed by atoms with E-state index in [-0.39, 0.29) is 5.97 Å². The Balaban J connectivity index is 1.96. The third-order valence-corrected chi connectivity index (χ3v) is 6.55. The lowest BCUT2D eigenvalue weighted by atomic mass is 9.68. The van der Waals surface area contributed by atoms with Crippen LogP contribution in [0.1, 0.15) is 59.8 Å². The summed E-state index contributed by atoms with van der Waals surface area (Å²) in [5.41, 5.74) is 2.23. The summed E-state index contributed by atoms with van der Waals surface area (Å²) in [7, 11) is 0. The van der Waals surface area contributed by atoms with Gasteiger partial charge in [0, 0.05) is 6.92 Å². The van der Waals surface area contributed by atoms with Gasteiger partial charge in [-0.25, -0.2) is 0 Å². The molecule has 19 heavy (non-hydrogen) atoms. The van der Waals surface area contributed by atoms with Gasteiger partial charge in [-0.15, -0.1) is 0 Å². The summed E-state index contributed by atoms with van der Waals surface area (Å²) in [6.07, 6.45) is 8.16. The molecular weight excluding hydrogens is 236 g/mol. The van der Waals surface area contributed by atoms with Crippen molar-refractivity contribution in [3.8, 4) is 0 Å². The highest BCUT2D eigenvalue weighted by molar-refractivity contribution is 5.66. The van der Waals surface area contributed by atoms with E-state index in [1.165, 1.54) is 38.2 Å². The third kappa shape index (κ3) is 1.71. The fraction of sp³-hybridized carbons (Fsp3) is 0.824. The Morgan fingerprint density at radius 3 is 2.79 bits per heavy atom. The molecule has 0 aromatic heterocycles. The molecule has 3 rings (SSSR count). The Kier molecular flexibility index (Phi) is 2.85.